The minimum atomic E-state index is -3.73. The molecule has 0 bridgehead atoms. The molecular formula is C17H18N2O4S. The third-order valence-corrected chi connectivity index (χ3v) is 5.36. The normalized spacial score (nSPS) is 18.2. The van der Waals surface area contributed by atoms with Crippen LogP contribution in [-0.4, -0.2) is 20.4 Å². The van der Waals surface area contributed by atoms with Gasteiger partial charge < -0.3 is 10.1 Å². The van der Waals surface area contributed by atoms with Gasteiger partial charge in [0.15, 0.2) is 6.10 Å². The van der Waals surface area contributed by atoms with Gasteiger partial charge in [-0.05, 0) is 37.6 Å². The Balaban J connectivity index is 1.85. The van der Waals surface area contributed by atoms with Crippen LogP contribution in [0, 0.1) is 0 Å². The maximum atomic E-state index is 12.6. The zero-order chi connectivity index (χ0) is 17.3. The van der Waals surface area contributed by atoms with Crippen molar-refractivity contribution in [1.82, 2.24) is 4.72 Å². The van der Waals surface area contributed by atoms with E-state index in [1.54, 1.807) is 19.9 Å². The lowest BCUT2D eigenvalue weighted by Gasteiger charge is -2.24. The molecule has 0 saturated heterocycles. The Bertz CT molecular complexity index is 865. The molecular weight excluding hydrogens is 328 g/mol. The molecule has 2 N–H and O–H groups in total. The Kier molecular flexibility index (Phi) is 4.29. The fourth-order valence-electron chi connectivity index (χ4n) is 2.47. The third-order valence-electron chi connectivity index (χ3n) is 3.82. The summed E-state index contributed by atoms with van der Waals surface area (Å²) in [5, 5.41) is 2.65. The van der Waals surface area contributed by atoms with Crippen LogP contribution in [0.3, 0.4) is 0 Å². The molecule has 0 saturated carbocycles. The monoisotopic (exact) mass is 346 g/mol. The number of anilines is 1. The second kappa shape index (κ2) is 6.26. The fraction of sp³-hybridized carbons (Fsp3) is 0.235. The minimum Gasteiger partial charge on any atom is -0.479 e. The van der Waals surface area contributed by atoms with Crippen LogP contribution >= 0.6 is 0 Å². The lowest BCUT2D eigenvalue weighted by molar-refractivity contribution is -0.122. The Morgan fingerprint density at radius 2 is 1.88 bits per heavy atom. The van der Waals surface area contributed by atoms with Crippen molar-refractivity contribution in [3.05, 3.63) is 54.1 Å². The summed E-state index contributed by atoms with van der Waals surface area (Å²) < 4.78 is 33.2. The van der Waals surface area contributed by atoms with Crippen molar-refractivity contribution in [2.24, 2.45) is 0 Å². The smallest absolute Gasteiger partial charge is 0.265 e. The van der Waals surface area contributed by atoms with E-state index in [9.17, 15) is 13.2 Å². The van der Waals surface area contributed by atoms with Crippen LogP contribution in [0.15, 0.2) is 53.4 Å². The Hall–Kier alpha value is -2.38. The largest absolute Gasteiger partial charge is 0.479 e. The number of benzene rings is 2. The van der Waals surface area contributed by atoms with Crippen LogP contribution in [0.5, 0.6) is 5.75 Å². The first kappa shape index (κ1) is 16.5. The standard InChI is InChI=1S/C17H18N2O4S/c1-11(13-6-4-3-5-7-13)19-24(21,22)14-8-9-16-15(10-14)18-17(20)12(2)23-16/h3-12,19H,1-2H3,(H,18,20). The van der Waals surface area contributed by atoms with Crippen LogP contribution in [0.25, 0.3) is 0 Å². The van der Waals surface area contributed by atoms with Gasteiger partial charge >= 0.3 is 0 Å². The molecule has 1 heterocycles. The lowest BCUT2D eigenvalue weighted by atomic mass is 10.1. The number of hydrogen-bond donors (Lipinski definition) is 2. The zero-order valence-electron chi connectivity index (χ0n) is 13.3. The predicted molar refractivity (Wildman–Crippen MR) is 90.3 cm³/mol. The van der Waals surface area contributed by atoms with Crippen molar-refractivity contribution < 1.29 is 17.9 Å². The summed E-state index contributed by atoms with van der Waals surface area (Å²) >= 11 is 0. The summed E-state index contributed by atoms with van der Waals surface area (Å²) in [6, 6.07) is 13.3. The number of rotatable bonds is 4. The van der Waals surface area contributed by atoms with Gasteiger partial charge in [-0.3, -0.25) is 4.79 Å². The molecule has 7 heteroatoms. The van der Waals surface area contributed by atoms with Gasteiger partial charge in [-0.2, -0.15) is 0 Å². The molecule has 0 aliphatic carbocycles. The van der Waals surface area contributed by atoms with Crippen molar-refractivity contribution >= 4 is 21.6 Å². The molecule has 6 nitrogen and oxygen atoms in total. The average molecular weight is 346 g/mol. The molecule has 3 rings (SSSR count). The highest BCUT2D eigenvalue weighted by Crippen LogP contribution is 2.32. The summed E-state index contributed by atoms with van der Waals surface area (Å²) in [7, 11) is -3.73. The second-order valence-electron chi connectivity index (χ2n) is 5.66. The quantitative estimate of drug-likeness (QED) is 0.890. The van der Waals surface area contributed by atoms with E-state index in [2.05, 4.69) is 10.0 Å². The molecule has 0 aromatic heterocycles. The van der Waals surface area contributed by atoms with E-state index in [1.165, 1.54) is 12.1 Å². The second-order valence-corrected chi connectivity index (χ2v) is 7.37. The molecule has 2 aromatic carbocycles. The molecule has 0 fully saturated rings. The molecule has 1 aliphatic heterocycles. The summed E-state index contributed by atoms with van der Waals surface area (Å²) in [5.74, 6) is 0.153. The minimum absolute atomic E-state index is 0.0717. The zero-order valence-corrected chi connectivity index (χ0v) is 14.1. The summed E-state index contributed by atoms with van der Waals surface area (Å²) in [4.78, 5) is 11.8. The van der Waals surface area contributed by atoms with Gasteiger partial charge in [0, 0.05) is 6.04 Å². The summed E-state index contributed by atoms with van der Waals surface area (Å²) in [5.41, 5.74) is 1.22. The van der Waals surface area contributed by atoms with E-state index < -0.39 is 16.1 Å². The van der Waals surface area contributed by atoms with Crippen LogP contribution in [0.4, 0.5) is 5.69 Å². The number of ether oxygens (including phenoxy) is 1. The van der Waals surface area contributed by atoms with Crippen LogP contribution in [-0.2, 0) is 14.8 Å². The van der Waals surface area contributed by atoms with Crippen molar-refractivity contribution in [2.75, 3.05) is 5.32 Å². The van der Waals surface area contributed by atoms with Crippen molar-refractivity contribution in [1.29, 1.82) is 0 Å². The molecule has 0 spiro atoms. The van der Waals surface area contributed by atoms with E-state index in [-0.39, 0.29) is 16.8 Å². The summed E-state index contributed by atoms with van der Waals surface area (Å²) in [6.45, 7) is 3.41. The first-order valence-electron chi connectivity index (χ1n) is 7.55. The molecule has 2 atom stereocenters. The number of nitrogens with one attached hydrogen (secondary N) is 2. The maximum Gasteiger partial charge on any atom is 0.265 e. The first-order chi connectivity index (χ1) is 11.4. The average Bonchev–Trinajstić information content (AvgIpc) is 2.56. The van der Waals surface area contributed by atoms with Gasteiger partial charge in [-0.15, -0.1) is 0 Å². The van der Waals surface area contributed by atoms with Crippen LogP contribution in [0.2, 0.25) is 0 Å². The van der Waals surface area contributed by atoms with E-state index in [4.69, 9.17) is 4.74 Å². The predicted octanol–water partition coefficient (Wildman–Crippen LogP) is 2.45. The Morgan fingerprint density at radius 3 is 2.58 bits per heavy atom. The fourth-order valence-corrected chi connectivity index (χ4v) is 3.72. The highest BCUT2D eigenvalue weighted by Gasteiger charge is 2.26. The number of hydrogen-bond acceptors (Lipinski definition) is 4. The molecule has 0 radical (unpaired) electrons. The van der Waals surface area contributed by atoms with Crippen molar-refractivity contribution in [3.8, 4) is 5.75 Å². The van der Waals surface area contributed by atoms with Gasteiger partial charge in [0.2, 0.25) is 10.0 Å². The van der Waals surface area contributed by atoms with Crippen LogP contribution < -0.4 is 14.8 Å². The molecule has 2 aromatic rings. The Morgan fingerprint density at radius 1 is 1.17 bits per heavy atom. The van der Waals surface area contributed by atoms with E-state index in [0.717, 1.165) is 5.56 Å². The topological polar surface area (TPSA) is 84.5 Å². The van der Waals surface area contributed by atoms with Gasteiger partial charge in [-0.1, -0.05) is 30.3 Å². The van der Waals surface area contributed by atoms with E-state index >= 15 is 0 Å². The molecule has 2 unspecified atom stereocenters. The molecule has 1 aliphatic rings. The van der Waals surface area contributed by atoms with E-state index in [1.807, 2.05) is 30.3 Å². The summed E-state index contributed by atoms with van der Waals surface area (Å²) in [6.07, 6.45) is -0.601. The Labute approximate surface area is 140 Å². The van der Waals surface area contributed by atoms with E-state index in [0.29, 0.717) is 11.4 Å². The molecule has 126 valence electrons. The number of fused-ring (bicyclic) bond motifs is 1. The van der Waals surface area contributed by atoms with Gasteiger partial charge in [0.05, 0.1) is 10.6 Å². The molecule has 1 amide bonds. The number of sulfonamides is 1. The SMILES string of the molecule is CC1Oc2ccc(S(=O)(=O)NC(C)c3ccccc3)cc2NC1=O. The van der Waals surface area contributed by atoms with Crippen molar-refractivity contribution in [3.63, 3.8) is 0 Å². The third kappa shape index (κ3) is 3.27. The first-order valence-corrected chi connectivity index (χ1v) is 9.04. The van der Waals surface area contributed by atoms with Gasteiger partial charge in [-0.25, -0.2) is 13.1 Å². The molecule has 24 heavy (non-hydrogen) atoms. The van der Waals surface area contributed by atoms with Gasteiger partial charge in [0.1, 0.15) is 5.75 Å². The highest BCUT2D eigenvalue weighted by molar-refractivity contribution is 7.89. The number of carbonyl (C=O) groups excluding carboxylic acids is 1. The maximum absolute atomic E-state index is 12.6. The van der Waals surface area contributed by atoms with Crippen molar-refractivity contribution in [2.45, 2.75) is 30.9 Å². The van der Waals surface area contributed by atoms with Crippen LogP contribution in [0.1, 0.15) is 25.5 Å². The highest BCUT2D eigenvalue weighted by atomic mass is 32.2. The number of carbonyl (C=O) groups is 1. The van der Waals surface area contributed by atoms with Gasteiger partial charge in [0.25, 0.3) is 5.91 Å². The number of amides is 1. The lowest BCUT2D eigenvalue weighted by Crippen LogP contribution is -2.34.